The van der Waals surface area contributed by atoms with Gasteiger partial charge in [0.15, 0.2) is 11.6 Å². The lowest BCUT2D eigenvalue weighted by molar-refractivity contribution is -0.123. The van der Waals surface area contributed by atoms with E-state index in [0.717, 1.165) is 22.3 Å². The molecule has 2 aromatic rings. The van der Waals surface area contributed by atoms with Crippen molar-refractivity contribution in [2.75, 3.05) is 4.90 Å². The smallest absolute Gasteiger partial charge is 0.238 e. The molecule has 0 spiro atoms. The number of rotatable bonds is 2. The van der Waals surface area contributed by atoms with Gasteiger partial charge in [0, 0.05) is 39.6 Å². The predicted molar refractivity (Wildman–Crippen MR) is 151 cm³/mol. The molecule has 7 rings (SSSR count). The van der Waals surface area contributed by atoms with Gasteiger partial charge in [0.25, 0.3) is 0 Å². The number of Topliss-reactive ketones (excluding diaryl/α,β-unsaturated/α-hetero) is 1. The fourth-order valence-corrected chi connectivity index (χ4v) is 7.34. The Balaban J connectivity index is 1.33. The number of phenols is 1. The Kier molecular flexibility index (Phi) is 5.74. The highest BCUT2D eigenvalue weighted by atomic mass is 35.5. The highest BCUT2D eigenvalue weighted by Crippen LogP contribution is 2.55. The topological polar surface area (TPSA) is 101 Å². The summed E-state index contributed by atoms with van der Waals surface area (Å²) >= 11 is 6.35. The first-order chi connectivity index (χ1) is 19.6. The van der Waals surface area contributed by atoms with Crippen LogP contribution in [0.25, 0.3) is 0 Å². The van der Waals surface area contributed by atoms with E-state index in [1.54, 1.807) is 49.6 Å². The van der Waals surface area contributed by atoms with Crippen molar-refractivity contribution in [2.24, 2.45) is 23.7 Å². The minimum atomic E-state index is -0.672. The molecule has 1 saturated heterocycles. The normalized spacial score (nSPS) is 26.9. The van der Waals surface area contributed by atoms with Gasteiger partial charge in [-0.3, -0.25) is 19.2 Å². The summed E-state index contributed by atoms with van der Waals surface area (Å²) < 4.78 is 5.93. The van der Waals surface area contributed by atoms with Crippen LogP contribution in [-0.4, -0.2) is 28.5 Å². The molecule has 4 atom stereocenters. The van der Waals surface area contributed by atoms with Crippen LogP contribution in [-0.2, 0) is 25.6 Å². The van der Waals surface area contributed by atoms with Gasteiger partial charge in [-0.1, -0.05) is 29.3 Å². The molecule has 0 saturated carbocycles. The van der Waals surface area contributed by atoms with Crippen molar-refractivity contribution in [3.8, 4) is 11.5 Å². The first-order valence-electron chi connectivity index (χ1n) is 13.7. The van der Waals surface area contributed by atoms with Crippen molar-refractivity contribution in [1.82, 2.24) is 0 Å². The first-order valence-corrected chi connectivity index (χ1v) is 14.0. The number of allylic oxidation sites excluding steroid dienone is 7. The zero-order chi connectivity index (χ0) is 28.7. The van der Waals surface area contributed by atoms with Crippen LogP contribution in [0.4, 0.5) is 5.69 Å². The number of hydrogen-bond acceptors (Lipinski definition) is 6. The van der Waals surface area contributed by atoms with Crippen LogP contribution in [0.2, 0.25) is 5.02 Å². The Morgan fingerprint density at radius 1 is 1.00 bits per heavy atom. The number of hydrogen-bond donors (Lipinski definition) is 1. The molecule has 1 N–H and O–H groups in total. The van der Waals surface area contributed by atoms with Crippen molar-refractivity contribution in [3.63, 3.8) is 0 Å². The van der Waals surface area contributed by atoms with Gasteiger partial charge in [-0.05, 0) is 80.2 Å². The van der Waals surface area contributed by atoms with Crippen LogP contribution in [0.3, 0.4) is 0 Å². The molecular weight excluding hydrogens is 542 g/mol. The van der Waals surface area contributed by atoms with E-state index in [2.05, 4.69) is 0 Å². The Labute approximate surface area is 241 Å². The Hall–Kier alpha value is -4.23. The average molecular weight is 568 g/mol. The Morgan fingerprint density at radius 3 is 2.59 bits per heavy atom. The number of halogens is 1. The number of benzene rings is 2. The highest BCUT2D eigenvalue weighted by molar-refractivity contribution is 6.32. The van der Waals surface area contributed by atoms with Gasteiger partial charge < -0.3 is 9.84 Å². The number of carbonyl (C=O) groups is 4. The molecule has 0 unspecified atom stereocenters. The average Bonchev–Trinajstić information content (AvgIpc) is 3.21. The molecule has 0 aromatic heterocycles. The number of imide groups is 1. The van der Waals surface area contributed by atoms with E-state index in [0.29, 0.717) is 46.0 Å². The van der Waals surface area contributed by atoms with Crippen LogP contribution in [0.1, 0.15) is 30.9 Å². The zero-order valence-electron chi connectivity index (χ0n) is 22.4. The van der Waals surface area contributed by atoms with Crippen molar-refractivity contribution in [1.29, 1.82) is 0 Å². The minimum Gasteiger partial charge on any atom is -0.508 e. The maximum atomic E-state index is 14.0. The number of phenolic OH excluding ortho intramolecular Hbond substituents is 1. The number of aromatic hydroxyl groups is 1. The zero-order valence-corrected chi connectivity index (χ0v) is 23.2. The SMILES string of the molecule is CC1=CC(=O)C2=C(C[C@@H]3C(=CC[C@@H]4C(=O)N(c5ccc(C)c(Cl)c5)C(=O)[C@@H]43)[C@@H]2C2=COc3ccc(O)cc3C2)C1=O. The number of fused-ring (bicyclic) bond motifs is 4. The molecule has 0 bridgehead atoms. The molecule has 3 aliphatic carbocycles. The lowest BCUT2D eigenvalue weighted by Crippen LogP contribution is -2.41. The largest absolute Gasteiger partial charge is 0.508 e. The molecule has 7 nitrogen and oxygen atoms in total. The summed E-state index contributed by atoms with van der Waals surface area (Å²) in [6.07, 6.45) is 5.95. The highest BCUT2D eigenvalue weighted by Gasteiger charge is 2.57. The van der Waals surface area contributed by atoms with Gasteiger partial charge in [0.1, 0.15) is 11.5 Å². The number of nitrogens with zero attached hydrogens (tertiary/aromatic N) is 1. The van der Waals surface area contributed by atoms with Crippen LogP contribution < -0.4 is 9.64 Å². The van der Waals surface area contributed by atoms with E-state index in [-0.39, 0.29) is 35.6 Å². The van der Waals surface area contributed by atoms with E-state index in [9.17, 15) is 24.3 Å². The van der Waals surface area contributed by atoms with E-state index >= 15 is 0 Å². The Bertz CT molecular complexity index is 1740. The lowest BCUT2D eigenvalue weighted by atomic mass is 9.58. The number of ketones is 2. The molecular formula is C33H26ClNO6. The second-order valence-corrected chi connectivity index (χ2v) is 11.9. The van der Waals surface area contributed by atoms with E-state index in [4.69, 9.17) is 16.3 Å². The first kappa shape index (κ1) is 25.7. The number of anilines is 1. The minimum absolute atomic E-state index is 0.101. The van der Waals surface area contributed by atoms with Gasteiger partial charge in [0.05, 0.1) is 23.8 Å². The van der Waals surface area contributed by atoms with Gasteiger partial charge in [-0.25, -0.2) is 4.90 Å². The molecule has 5 aliphatic rings. The number of ether oxygens (including phenoxy) is 1. The van der Waals surface area contributed by atoms with Gasteiger partial charge in [-0.2, -0.15) is 0 Å². The Morgan fingerprint density at radius 2 is 1.80 bits per heavy atom. The van der Waals surface area contributed by atoms with Crippen LogP contribution in [0.15, 0.2) is 82.7 Å². The summed E-state index contributed by atoms with van der Waals surface area (Å²) in [4.78, 5) is 55.9. The number of aryl methyl sites for hydroxylation is 1. The maximum Gasteiger partial charge on any atom is 0.238 e. The van der Waals surface area contributed by atoms with Gasteiger partial charge in [-0.15, -0.1) is 0 Å². The molecule has 2 amide bonds. The van der Waals surface area contributed by atoms with Crippen LogP contribution in [0.5, 0.6) is 11.5 Å². The predicted octanol–water partition coefficient (Wildman–Crippen LogP) is 5.34. The second kappa shape index (κ2) is 9.14. The van der Waals surface area contributed by atoms with Crippen molar-refractivity contribution in [2.45, 2.75) is 33.1 Å². The lowest BCUT2D eigenvalue weighted by Gasteiger charge is -2.43. The van der Waals surface area contributed by atoms with Crippen molar-refractivity contribution < 1.29 is 29.0 Å². The standard InChI is InChI=1S/C33H26ClNO6/c1-15-3-4-19(12-25(15)34)35-32(39)22-7-6-21-23(29(22)33(35)40)13-24-30(26(37)9-16(2)31(24)38)28(21)18-10-17-11-20(36)5-8-27(17)41-14-18/h3-6,8-9,11-12,14,22-23,28-29,36H,7,10,13H2,1-2H3/t22-,23+,28-,29-/m0/s1. The molecule has 2 aliphatic heterocycles. The molecule has 2 heterocycles. The van der Waals surface area contributed by atoms with E-state index in [1.807, 2.05) is 13.0 Å². The maximum absolute atomic E-state index is 14.0. The van der Waals surface area contributed by atoms with Gasteiger partial charge in [0.2, 0.25) is 11.8 Å². The van der Waals surface area contributed by atoms with Crippen molar-refractivity contribution >= 4 is 40.7 Å². The van der Waals surface area contributed by atoms with Crippen molar-refractivity contribution in [3.05, 3.63) is 98.8 Å². The summed E-state index contributed by atoms with van der Waals surface area (Å²) in [6, 6.07) is 10.0. The molecule has 0 radical (unpaired) electrons. The molecule has 2 aromatic carbocycles. The van der Waals surface area contributed by atoms with Crippen LogP contribution in [0, 0.1) is 30.6 Å². The number of carbonyl (C=O) groups excluding carboxylic acids is 4. The van der Waals surface area contributed by atoms with Crippen LogP contribution >= 0.6 is 11.6 Å². The molecule has 41 heavy (non-hydrogen) atoms. The third-order valence-electron chi connectivity index (χ3n) is 9.12. The molecule has 1 fully saturated rings. The second-order valence-electron chi connectivity index (χ2n) is 11.5. The monoisotopic (exact) mass is 567 g/mol. The summed E-state index contributed by atoms with van der Waals surface area (Å²) in [5, 5.41) is 10.6. The molecule has 206 valence electrons. The summed E-state index contributed by atoms with van der Waals surface area (Å²) in [5.74, 6) is -2.58. The quantitative estimate of drug-likeness (QED) is 0.299. The third kappa shape index (κ3) is 3.79. The fraction of sp³-hybridized carbons (Fsp3) is 0.273. The fourth-order valence-electron chi connectivity index (χ4n) is 7.17. The summed E-state index contributed by atoms with van der Waals surface area (Å²) in [6.45, 7) is 3.48. The summed E-state index contributed by atoms with van der Waals surface area (Å²) in [7, 11) is 0. The number of amides is 2. The summed E-state index contributed by atoms with van der Waals surface area (Å²) in [5.41, 5.74) is 4.84. The molecule has 8 heteroatoms. The van der Waals surface area contributed by atoms with Gasteiger partial charge >= 0.3 is 0 Å². The third-order valence-corrected chi connectivity index (χ3v) is 9.53. The van der Waals surface area contributed by atoms with E-state index in [1.165, 1.54) is 11.0 Å². The van der Waals surface area contributed by atoms with E-state index < -0.39 is 23.7 Å².